The second-order valence-corrected chi connectivity index (χ2v) is 4.73. The van der Waals surface area contributed by atoms with Crippen LogP contribution >= 0.6 is 0 Å². The van der Waals surface area contributed by atoms with Crippen molar-refractivity contribution in [1.29, 1.82) is 0 Å². The third-order valence-electron chi connectivity index (χ3n) is 3.59. The molecule has 2 aliphatic rings. The number of ether oxygens (including phenoxy) is 1. The second-order valence-electron chi connectivity index (χ2n) is 4.73. The Morgan fingerprint density at radius 1 is 1.07 bits per heavy atom. The number of hydrogen-bond donors (Lipinski definition) is 0. The summed E-state index contributed by atoms with van der Waals surface area (Å²) < 4.78 is 5.21. The molecule has 1 saturated heterocycles. The number of rotatable bonds is 3. The van der Waals surface area contributed by atoms with Crippen LogP contribution < -0.4 is 0 Å². The van der Waals surface area contributed by atoms with E-state index >= 15 is 0 Å². The zero-order valence-corrected chi connectivity index (χ0v) is 8.84. The minimum Gasteiger partial charge on any atom is -0.462 e. The molecule has 80 valence electrons. The summed E-state index contributed by atoms with van der Waals surface area (Å²) in [5.41, 5.74) is 0. The molecule has 0 N–H and O–H groups in total. The van der Waals surface area contributed by atoms with Crippen LogP contribution in [0.1, 0.15) is 57.8 Å². The van der Waals surface area contributed by atoms with Gasteiger partial charge in [0.1, 0.15) is 6.10 Å². The van der Waals surface area contributed by atoms with E-state index in [2.05, 4.69) is 0 Å². The molecule has 0 spiro atoms. The van der Waals surface area contributed by atoms with Crippen molar-refractivity contribution >= 4 is 5.97 Å². The summed E-state index contributed by atoms with van der Waals surface area (Å²) in [7, 11) is 0. The quantitative estimate of drug-likeness (QED) is 0.648. The third kappa shape index (κ3) is 2.73. The van der Waals surface area contributed by atoms with E-state index in [0.717, 1.165) is 18.8 Å². The average Bonchev–Trinajstić information content (AvgIpc) is 2.63. The fourth-order valence-electron chi connectivity index (χ4n) is 2.68. The Hall–Kier alpha value is -0.530. The van der Waals surface area contributed by atoms with Crippen LogP contribution in [-0.2, 0) is 9.53 Å². The molecule has 0 radical (unpaired) electrons. The van der Waals surface area contributed by atoms with Gasteiger partial charge in [0.15, 0.2) is 0 Å². The smallest absolute Gasteiger partial charge is 0.306 e. The number of carbonyl (C=O) groups excluding carboxylic acids is 1. The van der Waals surface area contributed by atoms with Gasteiger partial charge in [0.2, 0.25) is 0 Å². The van der Waals surface area contributed by atoms with Crippen molar-refractivity contribution < 1.29 is 9.53 Å². The van der Waals surface area contributed by atoms with Gasteiger partial charge in [-0.15, -0.1) is 0 Å². The standard InChI is InChI=1S/C12H20O2/c13-12-9-8-11(14-12)7-6-10-4-2-1-3-5-10/h10-11H,1-9H2/t11-/m0/s1. The molecule has 1 saturated carbocycles. The summed E-state index contributed by atoms with van der Waals surface area (Å²) in [6.45, 7) is 0. The molecular formula is C12H20O2. The first kappa shape index (κ1) is 10.0. The molecule has 1 atom stereocenters. The van der Waals surface area contributed by atoms with Crippen LogP contribution in [0, 0.1) is 5.92 Å². The van der Waals surface area contributed by atoms with E-state index in [4.69, 9.17) is 4.74 Å². The van der Waals surface area contributed by atoms with E-state index in [1.54, 1.807) is 0 Å². The largest absolute Gasteiger partial charge is 0.462 e. The van der Waals surface area contributed by atoms with Crippen molar-refractivity contribution in [3.05, 3.63) is 0 Å². The highest BCUT2D eigenvalue weighted by atomic mass is 16.5. The monoisotopic (exact) mass is 196 g/mol. The van der Waals surface area contributed by atoms with E-state index in [1.165, 1.54) is 38.5 Å². The highest BCUT2D eigenvalue weighted by molar-refractivity contribution is 5.71. The number of hydrogen-bond acceptors (Lipinski definition) is 2. The predicted molar refractivity (Wildman–Crippen MR) is 54.9 cm³/mol. The predicted octanol–water partition coefficient (Wildman–Crippen LogP) is 3.05. The molecule has 1 aliphatic heterocycles. The normalized spacial score (nSPS) is 29.1. The molecule has 2 heteroatoms. The lowest BCUT2D eigenvalue weighted by Gasteiger charge is -2.22. The Morgan fingerprint density at radius 2 is 1.86 bits per heavy atom. The van der Waals surface area contributed by atoms with E-state index in [9.17, 15) is 4.79 Å². The molecule has 2 nitrogen and oxygen atoms in total. The summed E-state index contributed by atoms with van der Waals surface area (Å²) >= 11 is 0. The second kappa shape index (κ2) is 4.81. The van der Waals surface area contributed by atoms with Crippen LogP contribution in [-0.4, -0.2) is 12.1 Å². The van der Waals surface area contributed by atoms with Crippen LogP contribution in [0.4, 0.5) is 0 Å². The maximum atomic E-state index is 10.9. The molecule has 0 aromatic carbocycles. The Morgan fingerprint density at radius 3 is 2.50 bits per heavy atom. The number of carbonyl (C=O) groups is 1. The number of esters is 1. The van der Waals surface area contributed by atoms with E-state index in [0.29, 0.717) is 6.42 Å². The highest BCUT2D eigenvalue weighted by Crippen LogP contribution is 2.29. The van der Waals surface area contributed by atoms with Crippen LogP contribution in [0.25, 0.3) is 0 Å². The summed E-state index contributed by atoms with van der Waals surface area (Å²) in [5, 5.41) is 0. The van der Waals surface area contributed by atoms with Gasteiger partial charge in [-0.05, 0) is 25.2 Å². The first-order valence-corrected chi connectivity index (χ1v) is 6.04. The SMILES string of the molecule is O=C1CC[C@H](CCC2CCCCC2)O1. The zero-order valence-electron chi connectivity index (χ0n) is 8.84. The van der Waals surface area contributed by atoms with Gasteiger partial charge >= 0.3 is 5.97 Å². The summed E-state index contributed by atoms with van der Waals surface area (Å²) in [4.78, 5) is 10.9. The molecule has 2 rings (SSSR count). The molecular weight excluding hydrogens is 176 g/mol. The number of cyclic esters (lactones) is 1. The van der Waals surface area contributed by atoms with Gasteiger partial charge in [0, 0.05) is 6.42 Å². The lowest BCUT2D eigenvalue weighted by molar-refractivity contribution is -0.141. The minimum absolute atomic E-state index is 0.0126. The minimum atomic E-state index is 0.0126. The molecule has 0 aromatic rings. The zero-order chi connectivity index (χ0) is 9.80. The summed E-state index contributed by atoms with van der Waals surface area (Å²) in [6, 6.07) is 0. The average molecular weight is 196 g/mol. The van der Waals surface area contributed by atoms with Gasteiger partial charge in [0.05, 0.1) is 0 Å². The molecule has 1 aliphatic carbocycles. The molecule has 0 aromatic heterocycles. The summed E-state index contributed by atoms with van der Waals surface area (Å²) in [6.07, 6.45) is 11.3. The van der Waals surface area contributed by atoms with Crippen molar-refractivity contribution in [2.24, 2.45) is 5.92 Å². The lowest BCUT2D eigenvalue weighted by Crippen LogP contribution is -2.12. The third-order valence-corrected chi connectivity index (χ3v) is 3.59. The van der Waals surface area contributed by atoms with Crippen molar-refractivity contribution in [1.82, 2.24) is 0 Å². The van der Waals surface area contributed by atoms with Gasteiger partial charge in [0.25, 0.3) is 0 Å². The topological polar surface area (TPSA) is 26.3 Å². The van der Waals surface area contributed by atoms with E-state index < -0.39 is 0 Å². The Balaban J connectivity index is 1.63. The maximum absolute atomic E-state index is 10.9. The molecule has 2 fully saturated rings. The molecule has 0 amide bonds. The first-order valence-electron chi connectivity index (χ1n) is 6.04. The van der Waals surface area contributed by atoms with E-state index in [-0.39, 0.29) is 12.1 Å². The molecule has 1 heterocycles. The fraction of sp³-hybridized carbons (Fsp3) is 0.917. The molecule has 0 unspecified atom stereocenters. The van der Waals surface area contributed by atoms with Crippen LogP contribution in [0.3, 0.4) is 0 Å². The van der Waals surface area contributed by atoms with Gasteiger partial charge in [-0.1, -0.05) is 32.1 Å². The Kier molecular flexibility index (Phi) is 3.44. The first-order chi connectivity index (χ1) is 6.84. The van der Waals surface area contributed by atoms with Gasteiger partial charge in [-0.2, -0.15) is 0 Å². The van der Waals surface area contributed by atoms with Gasteiger partial charge < -0.3 is 4.74 Å². The van der Waals surface area contributed by atoms with Crippen LogP contribution in [0.5, 0.6) is 0 Å². The Labute approximate surface area is 86.0 Å². The highest BCUT2D eigenvalue weighted by Gasteiger charge is 2.24. The maximum Gasteiger partial charge on any atom is 0.306 e. The van der Waals surface area contributed by atoms with Crippen molar-refractivity contribution in [3.8, 4) is 0 Å². The van der Waals surface area contributed by atoms with Crippen LogP contribution in [0.15, 0.2) is 0 Å². The van der Waals surface area contributed by atoms with E-state index in [1.807, 2.05) is 0 Å². The fourth-order valence-corrected chi connectivity index (χ4v) is 2.68. The van der Waals surface area contributed by atoms with Crippen molar-refractivity contribution in [2.75, 3.05) is 0 Å². The molecule has 0 bridgehead atoms. The van der Waals surface area contributed by atoms with Gasteiger partial charge in [-0.3, -0.25) is 4.79 Å². The van der Waals surface area contributed by atoms with Crippen LogP contribution in [0.2, 0.25) is 0 Å². The lowest BCUT2D eigenvalue weighted by atomic mass is 9.85. The Bertz CT molecular complexity index is 194. The van der Waals surface area contributed by atoms with Crippen molar-refractivity contribution in [2.45, 2.75) is 63.9 Å². The summed E-state index contributed by atoms with van der Waals surface area (Å²) in [5.74, 6) is 0.932. The molecule has 14 heavy (non-hydrogen) atoms. The van der Waals surface area contributed by atoms with Crippen molar-refractivity contribution in [3.63, 3.8) is 0 Å². The van der Waals surface area contributed by atoms with Gasteiger partial charge in [-0.25, -0.2) is 0 Å².